The van der Waals surface area contributed by atoms with Gasteiger partial charge in [0.05, 0.1) is 10.7 Å². The molecule has 0 aliphatic carbocycles. The van der Waals surface area contributed by atoms with Gasteiger partial charge in [0, 0.05) is 25.1 Å². The lowest BCUT2D eigenvalue weighted by Crippen LogP contribution is -2.28. The predicted octanol–water partition coefficient (Wildman–Crippen LogP) is 4.00. The quantitative estimate of drug-likeness (QED) is 0.880. The molecule has 1 aliphatic rings. The number of nitrogens with one attached hydrogen (secondary N) is 1. The van der Waals surface area contributed by atoms with Gasteiger partial charge in [-0.15, -0.1) is 0 Å². The van der Waals surface area contributed by atoms with Gasteiger partial charge in [-0.25, -0.2) is 0 Å². The maximum atomic E-state index is 12.5. The number of anilines is 1. The first-order chi connectivity index (χ1) is 12.1. The first-order valence-corrected chi connectivity index (χ1v) is 8.87. The van der Waals surface area contributed by atoms with E-state index in [0.717, 1.165) is 6.42 Å². The van der Waals surface area contributed by atoms with Gasteiger partial charge in [-0.2, -0.15) is 0 Å². The van der Waals surface area contributed by atoms with Crippen molar-refractivity contribution in [3.63, 3.8) is 0 Å². The zero-order valence-corrected chi connectivity index (χ0v) is 14.9. The Hall–Kier alpha value is -2.33. The summed E-state index contributed by atoms with van der Waals surface area (Å²) in [4.78, 5) is 26.1. The van der Waals surface area contributed by atoms with Crippen molar-refractivity contribution < 1.29 is 9.59 Å². The molecule has 1 N–H and O–H groups in total. The summed E-state index contributed by atoms with van der Waals surface area (Å²) in [7, 11) is 0. The summed E-state index contributed by atoms with van der Waals surface area (Å²) in [5.41, 5.74) is 2.31. The van der Waals surface area contributed by atoms with Crippen molar-refractivity contribution in [3.05, 3.63) is 64.7 Å². The average molecular weight is 357 g/mol. The second-order valence-electron chi connectivity index (χ2n) is 6.34. The van der Waals surface area contributed by atoms with Gasteiger partial charge in [0.2, 0.25) is 5.91 Å². The van der Waals surface area contributed by atoms with Crippen molar-refractivity contribution in [3.8, 4) is 0 Å². The van der Waals surface area contributed by atoms with Crippen LogP contribution in [0.5, 0.6) is 0 Å². The predicted molar refractivity (Wildman–Crippen MR) is 100 cm³/mol. The summed E-state index contributed by atoms with van der Waals surface area (Å²) in [6, 6.07) is 15.1. The van der Waals surface area contributed by atoms with Crippen LogP contribution in [0.25, 0.3) is 0 Å². The summed E-state index contributed by atoms with van der Waals surface area (Å²) in [6.07, 6.45) is 1.35. The van der Waals surface area contributed by atoms with Crippen LogP contribution in [0.4, 0.5) is 5.69 Å². The van der Waals surface area contributed by atoms with E-state index in [1.54, 1.807) is 23.1 Å². The Bertz CT molecular complexity index is 777. The lowest BCUT2D eigenvalue weighted by molar-refractivity contribution is -0.117. The molecule has 1 heterocycles. The fourth-order valence-corrected chi connectivity index (χ4v) is 3.23. The highest BCUT2D eigenvalue weighted by molar-refractivity contribution is 6.34. The van der Waals surface area contributed by atoms with Crippen molar-refractivity contribution in [2.45, 2.75) is 25.7 Å². The van der Waals surface area contributed by atoms with E-state index in [2.05, 4.69) is 24.4 Å². The second-order valence-corrected chi connectivity index (χ2v) is 6.74. The number of carbonyl (C=O) groups is 2. The van der Waals surface area contributed by atoms with Crippen LogP contribution in [0.3, 0.4) is 0 Å². The van der Waals surface area contributed by atoms with Gasteiger partial charge < -0.3 is 10.2 Å². The first-order valence-electron chi connectivity index (χ1n) is 8.49. The number of hydrogen-bond donors (Lipinski definition) is 1. The Balaban J connectivity index is 1.69. The number of carbonyl (C=O) groups excluding carboxylic acids is 2. The molecule has 1 aliphatic heterocycles. The fourth-order valence-electron chi connectivity index (χ4n) is 3.01. The highest BCUT2D eigenvalue weighted by atomic mass is 35.5. The van der Waals surface area contributed by atoms with Gasteiger partial charge >= 0.3 is 0 Å². The van der Waals surface area contributed by atoms with E-state index in [-0.39, 0.29) is 17.7 Å². The molecule has 130 valence electrons. The number of amides is 2. The van der Waals surface area contributed by atoms with E-state index in [0.29, 0.717) is 35.8 Å². The largest absolute Gasteiger partial charge is 0.351 e. The highest BCUT2D eigenvalue weighted by Gasteiger charge is 2.24. The van der Waals surface area contributed by atoms with Crippen LogP contribution in [-0.2, 0) is 4.79 Å². The van der Waals surface area contributed by atoms with Crippen LogP contribution >= 0.6 is 11.6 Å². The molecule has 4 nitrogen and oxygen atoms in total. The van der Waals surface area contributed by atoms with Crippen molar-refractivity contribution in [2.75, 3.05) is 18.0 Å². The zero-order chi connectivity index (χ0) is 17.8. The van der Waals surface area contributed by atoms with Gasteiger partial charge in [-0.1, -0.05) is 48.9 Å². The monoisotopic (exact) mass is 356 g/mol. The molecule has 2 aromatic carbocycles. The molecule has 2 aromatic rings. The number of nitrogens with zero attached hydrogens (tertiary/aromatic N) is 1. The fraction of sp³-hybridized carbons (Fsp3) is 0.300. The van der Waals surface area contributed by atoms with E-state index in [9.17, 15) is 9.59 Å². The minimum Gasteiger partial charge on any atom is -0.351 e. The normalized spacial score (nSPS) is 15.3. The van der Waals surface area contributed by atoms with Crippen LogP contribution in [0.15, 0.2) is 48.5 Å². The van der Waals surface area contributed by atoms with E-state index in [1.165, 1.54) is 5.56 Å². The molecule has 5 heteroatoms. The topological polar surface area (TPSA) is 49.4 Å². The molecule has 25 heavy (non-hydrogen) atoms. The van der Waals surface area contributed by atoms with Gasteiger partial charge in [0.15, 0.2) is 0 Å². The SMILES string of the molecule is C[C@@H](CNC(=O)c1ccc(Cl)c(N2CCCC2=O)c1)c1ccccc1. The Morgan fingerprint density at radius 3 is 2.68 bits per heavy atom. The van der Waals surface area contributed by atoms with Crippen LogP contribution in [-0.4, -0.2) is 24.9 Å². The molecule has 1 fully saturated rings. The lowest BCUT2D eigenvalue weighted by Gasteiger charge is -2.18. The first kappa shape index (κ1) is 17.5. The molecule has 0 unspecified atom stereocenters. The highest BCUT2D eigenvalue weighted by Crippen LogP contribution is 2.30. The Labute approximate surface area is 152 Å². The van der Waals surface area contributed by atoms with Gasteiger partial charge in [-0.3, -0.25) is 9.59 Å². The van der Waals surface area contributed by atoms with Crippen LogP contribution in [0.1, 0.15) is 41.6 Å². The molecule has 0 saturated carbocycles. The molecule has 1 saturated heterocycles. The van der Waals surface area contributed by atoms with E-state index >= 15 is 0 Å². The molecule has 0 aromatic heterocycles. The summed E-state index contributed by atoms with van der Waals surface area (Å²) < 4.78 is 0. The minimum atomic E-state index is -0.160. The molecule has 0 radical (unpaired) electrons. The molecular formula is C20H21ClN2O2. The second kappa shape index (κ2) is 7.70. The van der Waals surface area contributed by atoms with Crippen LogP contribution in [0.2, 0.25) is 5.02 Å². The summed E-state index contributed by atoms with van der Waals surface area (Å²) in [6.45, 7) is 3.27. The smallest absolute Gasteiger partial charge is 0.251 e. The molecule has 1 atom stereocenters. The number of halogens is 1. The van der Waals surface area contributed by atoms with Crippen molar-refractivity contribution >= 4 is 29.1 Å². The molecule has 3 rings (SSSR count). The Morgan fingerprint density at radius 2 is 2.00 bits per heavy atom. The third kappa shape index (κ3) is 4.02. The Kier molecular flexibility index (Phi) is 5.39. The van der Waals surface area contributed by atoms with Crippen LogP contribution in [0, 0.1) is 0 Å². The van der Waals surface area contributed by atoms with E-state index in [1.807, 2.05) is 18.2 Å². The third-order valence-electron chi connectivity index (χ3n) is 4.51. The molecule has 2 amide bonds. The maximum Gasteiger partial charge on any atom is 0.251 e. The standard InChI is InChI=1S/C20H21ClN2O2/c1-14(15-6-3-2-4-7-15)13-22-20(25)16-9-10-17(21)18(12-16)23-11-5-8-19(23)24/h2-4,6-7,9-10,12,14H,5,8,11,13H2,1H3,(H,22,25)/t14-/m0/s1. The molecule has 0 bridgehead atoms. The van der Waals surface area contributed by atoms with Gasteiger partial charge in [0.1, 0.15) is 0 Å². The molecular weight excluding hydrogens is 336 g/mol. The number of hydrogen-bond acceptors (Lipinski definition) is 2. The maximum absolute atomic E-state index is 12.5. The van der Waals surface area contributed by atoms with Crippen molar-refractivity contribution in [1.82, 2.24) is 5.32 Å². The third-order valence-corrected chi connectivity index (χ3v) is 4.83. The number of rotatable bonds is 5. The average Bonchev–Trinajstić information content (AvgIpc) is 3.06. The van der Waals surface area contributed by atoms with Gasteiger partial charge in [0.25, 0.3) is 5.91 Å². The summed E-state index contributed by atoms with van der Waals surface area (Å²) in [5, 5.41) is 3.45. The zero-order valence-electron chi connectivity index (χ0n) is 14.2. The summed E-state index contributed by atoms with van der Waals surface area (Å²) >= 11 is 6.23. The lowest BCUT2D eigenvalue weighted by atomic mass is 10.0. The summed E-state index contributed by atoms with van der Waals surface area (Å²) in [5.74, 6) is 0.113. The minimum absolute atomic E-state index is 0.0529. The van der Waals surface area contributed by atoms with E-state index in [4.69, 9.17) is 11.6 Å². The van der Waals surface area contributed by atoms with Crippen LogP contribution < -0.4 is 10.2 Å². The van der Waals surface area contributed by atoms with Gasteiger partial charge in [-0.05, 0) is 36.1 Å². The molecule has 0 spiro atoms. The van der Waals surface area contributed by atoms with Crippen molar-refractivity contribution in [1.29, 1.82) is 0 Å². The Morgan fingerprint density at radius 1 is 1.24 bits per heavy atom. The number of benzene rings is 2. The van der Waals surface area contributed by atoms with E-state index < -0.39 is 0 Å². The van der Waals surface area contributed by atoms with Crippen molar-refractivity contribution in [2.24, 2.45) is 0 Å².